The van der Waals surface area contributed by atoms with E-state index in [0.717, 1.165) is 18.3 Å². The number of thioether (sulfide) groups is 1. The standard InChI is InChI=1S/C23H25F3N4OS/c1-3-15(2)32-18-5-6-20(19(12-18)23(24,25)26)29-22(31)17-8-10-30(11-9-17)21-7-4-16(13-27)14-28-21/h4-7,12,14-15,17H,3,8-11H2,1-2H3,(H,29,31). The first-order valence-electron chi connectivity index (χ1n) is 10.5. The summed E-state index contributed by atoms with van der Waals surface area (Å²) in [5.74, 6) is -0.0539. The van der Waals surface area contributed by atoms with Crippen molar-refractivity contribution in [3.63, 3.8) is 0 Å². The summed E-state index contributed by atoms with van der Waals surface area (Å²) in [5, 5.41) is 11.6. The topological polar surface area (TPSA) is 69.0 Å². The van der Waals surface area contributed by atoms with Crippen molar-refractivity contribution >= 4 is 29.2 Å². The van der Waals surface area contributed by atoms with Gasteiger partial charge in [-0.3, -0.25) is 4.79 Å². The van der Waals surface area contributed by atoms with E-state index in [4.69, 9.17) is 5.26 Å². The van der Waals surface area contributed by atoms with Crippen molar-refractivity contribution in [1.82, 2.24) is 4.98 Å². The predicted octanol–water partition coefficient (Wildman–Crippen LogP) is 5.72. The summed E-state index contributed by atoms with van der Waals surface area (Å²) in [6.07, 6.45) is -1.19. The van der Waals surface area contributed by atoms with Crippen LogP contribution in [0.1, 0.15) is 44.2 Å². The molecular formula is C23H25F3N4OS. The summed E-state index contributed by atoms with van der Waals surface area (Å²) in [5.41, 5.74) is -0.553. The van der Waals surface area contributed by atoms with Gasteiger partial charge in [0.2, 0.25) is 5.91 Å². The monoisotopic (exact) mass is 462 g/mol. The van der Waals surface area contributed by atoms with E-state index in [1.807, 2.05) is 24.8 Å². The van der Waals surface area contributed by atoms with Crippen LogP contribution in [0.25, 0.3) is 0 Å². The zero-order valence-corrected chi connectivity index (χ0v) is 18.8. The number of hydrogen-bond acceptors (Lipinski definition) is 5. The van der Waals surface area contributed by atoms with E-state index in [1.54, 1.807) is 18.2 Å². The lowest BCUT2D eigenvalue weighted by Crippen LogP contribution is -2.38. The van der Waals surface area contributed by atoms with Gasteiger partial charge in [0, 0.05) is 35.3 Å². The molecule has 0 radical (unpaired) electrons. The Morgan fingerprint density at radius 3 is 2.59 bits per heavy atom. The zero-order valence-electron chi connectivity index (χ0n) is 17.9. The predicted molar refractivity (Wildman–Crippen MR) is 120 cm³/mol. The number of nitrogens with one attached hydrogen (secondary N) is 1. The molecule has 1 aliphatic heterocycles. The van der Waals surface area contributed by atoms with E-state index in [0.29, 0.717) is 36.4 Å². The summed E-state index contributed by atoms with van der Waals surface area (Å²) in [7, 11) is 0. The molecule has 2 aromatic rings. The number of nitriles is 1. The maximum atomic E-state index is 13.6. The molecule has 2 heterocycles. The third-order valence-electron chi connectivity index (χ3n) is 5.53. The molecule has 0 saturated carbocycles. The molecule has 32 heavy (non-hydrogen) atoms. The number of carbonyl (C=O) groups is 1. The number of piperidine rings is 1. The Morgan fingerprint density at radius 1 is 1.31 bits per heavy atom. The molecule has 1 unspecified atom stereocenters. The third-order valence-corrected chi connectivity index (χ3v) is 6.79. The first kappa shape index (κ1) is 23.9. The van der Waals surface area contributed by atoms with Crippen LogP contribution in [0.2, 0.25) is 0 Å². The van der Waals surface area contributed by atoms with Crippen molar-refractivity contribution in [3.8, 4) is 6.07 Å². The van der Waals surface area contributed by atoms with Gasteiger partial charge >= 0.3 is 6.18 Å². The smallest absolute Gasteiger partial charge is 0.357 e. The first-order chi connectivity index (χ1) is 15.2. The summed E-state index contributed by atoms with van der Waals surface area (Å²) in [4.78, 5) is 19.5. The van der Waals surface area contributed by atoms with Crippen LogP contribution in [0, 0.1) is 17.2 Å². The molecule has 0 bridgehead atoms. The number of alkyl halides is 3. The van der Waals surface area contributed by atoms with Crippen LogP contribution in [-0.4, -0.2) is 29.2 Å². The fourth-order valence-corrected chi connectivity index (χ4v) is 4.46. The molecule has 1 aliphatic rings. The van der Waals surface area contributed by atoms with Gasteiger partial charge in [-0.25, -0.2) is 4.98 Å². The van der Waals surface area contributed by atoms with Crippen molar-refractivity contribution in [1.29, 1.82) is 5.26 Å². The van der Waals surface area contributed by atoms with Gasteiger partial charge in [0.05, 0.1) is 16.8 Å². The molecule has 1 saturated heterocycles. The van der Waals surface area contributed by atoms with Crippen molar-refractivity contribution in [2.24, 2.45) is 5.92 Å². The Bertz CT molecular complexity index is 980. The molecule has 1 atom stereocenters. The number of rotatable bonds is 6. The Labute approximate surface area is 190 Å². The molecule has 9 heteroatoms. The molecule has 170 valence electrons. The lowest BCUT2D eigenvalue weighted by atomic mass is 9.95. The Balaban J connectivity index is 1.66. The minimum absolute atomic E-state index is 0.201. The molecule has 1 amide bonds. The van der Waals surface area contributed by atoms with Crippen molar-refractivity contribution in [2.75, 3.05) is 23.3 Å². The lowest BCUT2D eigenvalue weighted by molar-refractivity contribution is -0.137. The maximum absolute atomic E-state index is 13.6. The summed E-state index contributed by atoms with van der Waals surface area (Å²) >= 11 is 1.39. The zero-order chi connectivity index (χ0) is 23.3. The van der Waals surface area contributed by atoms with Gasteiger partial charge in [-0.2, -0.15) is 18.4 Å². The molecule has 1 aromatic heterocycles. The van der Waals surface area contributed by atoms with E-state index in [2.05, 4.69) is 10.3 Å². The van der Waals surface area contributed by atoms with E-state index >= 15 is 0 Å². The van der Waals surface area contributed by atoms with Gasteiger partial charge in [0.1, 0.15) is 11.9 Å². The van der Waals surface area contributed by atoms with Crippen LogP contribution < -0.4 is 10.2 Å². The normalized spacial score (nSPS) is 15.8. The van der Waals surface area contributed by atoms with E-state index < -0.39 is 17.6 Å². The number of hydrogen-bond donors (Lipinski definition) is 1. The minimum atomic E-state index is -4.56. The highest BCUT2D eigenvalue weighted by Gasteiger charge is 2.35. The van der Waals surface area contributed by atoms with E-state index in [1.165, 1.54) is 24.0 Å². The van der Waals surface area contributed by atoms with Gasteiger partial charge in [0.25, 0.3) is 0 Å². The third kappa shape index (κ3) is 5.94. The number of pyridine rings is 1. The first-order valence-corrected chi connectivity index (χ1v) is 11.4. The second kappa shape index (κ2) is 10.3. The molecule has 3 rings (SSSR count). The van der Waals surface area contributed by atoms with Crippen molar-refractivity contribution in [2.45, 2.75) is 49.4 Å². The molecule has 0 spiro atoms. The van der Waals surface area contributed by atoms with Crippen LogP contribution in [0.15, 0.2) is 41.4 Å². The van der Waals surface area contributed by atoms with Gasteiger partial charge < -0.3 is 10.2 Å². The van der Waals surface area contributed by atoms with Gasteiger partial charge in [-0.05, 0) is 49.6 Å². The summed E-state index contributed by atoms with van der Waals surface area (Å²) in [6.45, 7) is 5.08. The number of halogens is 3. The SMILES string of the molecule is CCC(C)Sc1ccc(NC(=O)C2CCN(c3ccc(C#N)cn3)CC2)c(C(F)(F)F)c1. The molecule has 5 nitrogen and oxygen atoms in total. The highest BCUT2D eigenvalue weighted by Crippen LogP contribution is 2.39. The summed E-state index contributed by atoms with van der Waals surface area (Å²) in [6, 6.07) is 9.55. The number of amides is 1. The molecule has 1 N–H and O–H groups in total. The Morgan fingerprint density at radius 2 is 2.03 bits per heavy atom. The highest BCUT2D eigenvalue weighted by atomic mass is 32.2. The fourth-order valence-electron chi connectivity index (χ4n) is 3.50. The van der Waals surface area contributed by atoms with Crippen molar-refractivity contribution < 1.29 is 18.0 Å². The van der Waals surface area contributed by atoms with Crippen LogP contribution in [0.3, 0.4) is 0 Å². The van der Waals surface area contributed by atoms with Crippen LogP contribution in [0.4, 0.5) is 24.7 Å². The molecule has 0 aliphatic carbocycles. The Kier molecular flexibility index (Phi) is 7.67. The van der Waals surface area contributed by atoms with Gasteiger partial charge in [0.15, 0.2) is 0 Å². The van der Waals surface area contributed by atoms with Gasteiger partial charge in [-0.1, -0.05) is 13.8 Å². The largest absolute Gasteiger partial charge is 0.418 e. The Hall–Kier alpha value is -2.73. The van der Waals surface area contributed by atoms with Crippen LogP contribution >= 0.6 is 11.8 Å². The van der Waals surface area contributed by atoms with E-state index in [-0.39, 0.29) is 16.9 Å². The van der Waals surface area contributed by atoms with Crippen LogP contribution in [-0.2, 0) is 11.0 Å². The second-order valence-corrected chi connectivity index (χ2v) is 9.32. The van der Waals surface area contributed by atoms with Gasteiger partial charge in [-0.15, -0.1) is 11.8 Å². The minimum Gasteiger partial charge on any atom is -0.357 e. The number of aromatic nitrogens is 1. The number of carbonyl (C=O) groups excluding carboxylic acids is 1. The maximum Gasteiger partial charge on any atom is 0.418 e. The number of nitrogens with zero attached hydrogens (tertiary/aromatic N) is 3. The van der Waals surface area contributed by atoms with E-state index in [9.17, 15) is 18.0 Å². The average molecular weight is 463 g/mol. The number of anilines is 2. The van der Waals surface area contributed by atoms with Crippen molar-refractivity contribution in [3.05, 3.63) is 47.7 Å². The molecular weight excluding hydrogens is 437 g/mol. The molecule has 1 fully saturated rings. The fraction of sp³-hybridized carbons (Fsp3) is 0.435. The summed E-state index contributed by atoms with van der Waals surface area (Å²) < 4.78 is 40.9. The highest BCUT2D eigenvalue weighted by molar-refractivity contribution is 7.99. The lowest BCUT2D eigenvalue weighted by Gasteiger charge is -2.32. The second-order valence-electron chi connectivity index (χ2n) is 7.81. The quantitative estimate of drug-likeness (QED) is 0.556. The molecule has 1 aromatic carbocycles. The van der Waals surface area contributed by atoms with Crippen LogP contribution in [0.5, 0.6) is 0 Å². The average Bonchev–Trinajstić information content (AvgIpc) is 2.79. The number of benzene rings is 1.